The summed E-state index contributed by atoms with van der Waals surface area (Å²) < 4.78 is 5.82. The number of amidine groups is 1. The number of oxime groups is 1. The second-order valence-electron chi connectivity index (χ2n) is 3.92. The van der Waals surface area contributed by atoms with Crippen LogP contribution in [0.3, 0.4) is 0 Å². The lowest BCUT2D eigenvalue weighted by atomic mass is 10.2. The predicted molar refractivity (Wildman–Crippen MR) is 84.0 cm³/mol. The quantitative estimate of drug-likeness (QED) is 0.282. The van der Waals surface area contributed by atoms with Crippen molar-refractivity contribution < 1.29 is 9.94 Å². The van der Waals surface area contributed by atoms with Gasteiger partial charge in [0.05, 0.1) is 5.56 Å². The highest BCUT2D eigenvalue weighted by atomic mass is 32.2. The molecule has 6 heteroatoms. The molecule has 20 heavy (non-hydrogen) atoms. The third kappa shape index (κ3) is 3.46. The van der Waals surface area contributed by atoms with E-state index < -0.39 is 0 Å². The molecule has 1 heterocycles. The number of hydrogen-bond donors (Lipinski definition) is 2. The maximum Gasteiger partial charge on any atom is 0.174 e. The van der Waals surface area contributed by atoms with Gasteiger partial charge in [0, 0.05) is 9.77 Å². The van der Waals surface area contributed by atoms with Crippen molar-refractivity contribution >= 4 is 28.9 Å². The molecular weight excluding hydrogens is 292 g/mol. The Morgan fingerprint density at radius 2 is 2.25 bits per heavy atom. The SMILES string of the molecule is CCSc1cccc(OCc2cccs2)c1/C(N)=N/O. The number of nitrogens with two attached hydrogens (primary N) is 1. The van der Waals surface area contributed by atoms with E-state index >= 15 is 0 Å². The van der Waals surface area contributed by atoms with Gasteiger partial charge < -0.3 is 15.7 Å². The van der Waals surface area contributed by atoms with Gasteiger partial charge in [0.1, 0.15) is 12.4 Å². The molecule has 0 amide bonds. The smallest absolute Gasteiger partial charge is 0.174 e. The van der Waals surface area contributed by atoms with Gasteiger partial charge in [0.15, 0.2) is 5.84 Å². The highest BCUT2D eigenvalue weighted by Crippen LogP contribution is 2.30. The highest BCUT2D eigenvalue weighted by molar-refractivity contribution is 7.99. The zero-order valence-corrected chi connectivity index (χ0v) is 12.7. The number of nitrogens with zero attached hydrogens (tertiary/aromatic N) is 1. The first-order valence-corrected chi connectivity index (χ1v) is 8.01. The summed E-state index contributed by atoms with van der Waals surface area (Å²) >= 11 is 3.27. The van der Waals surface area contributed by atoms with Gasteiger partial charge >= 0.3 is 0 Å². The number of thioether (sulfide) groups is 1. The van der Waals surface area contributed by atoms with Gasteiger partial charge in [-0.2, -0.15) is 0 Å². The Morgan fingerprint density at radius 3 is 2.90 bits per heavy atom. The predicted octanol–water partition coefficient (Wildman–Crippen LogP) is 3.53. The van der Waals surface area contributed by atoms with Crippen molar-refractivity contribution in [2.75, 3.05) is 5.75 Å². The molecule has 0 fully saturated rings. The maximum absolute atomic E-state index is 8.96. The van der Waals surface area contributed by atoms with Gasteiger partial charge in [-0.1, -0.05) is 24.2 Å². The van der Waals surface area contributed by atoms with Crippen LogP contribution in [0, 0.1) is 0 Å². The van der Waals surface area contributed by atoms with Crippen molar-refractivity contribution in [3.05, 3.63) is 46.2 Å². The van der Waals surface area contributed by atoms with Crippen LogP contribution in [0.25, 0.3) is 0 Å². The summed E-state index contributed by atoms with van der Waals surface area (Å²) in [7, 11) is 0. The minimum Gasteiger partial charge on any atom is -0.487 e. The molecule has 0 bridgehead atoms. The molecule has 0 radical (unpaired) electrons. The summed E-state index contributed by atoms with van der Waals surface area (Å²) in [5, 5.41) is 14.1. The zero-order valence-electron chi connectivity index (χ0n) is 11.1. The van der Waals surface area contributed by atoms with E-state index in [2.05, 4.69) is 12.1 Å². The molecule has 0 saturated carbocycles. The second-order valence-corrected chi connectivity index (χ2v) is 6.25. The number of benzene rings is 1. The average molecular weight is 308 g/mol. The molecule has 0 atom stereocenters. The summed E-state index contributed by atoms with van der Waals surface area (Å²) in [5.41, 5.74) is 6.44. The van der Waals surface area contributed by atoms with Crippen LogP contribution in [0.2, 0.25) is 0 Å². The number of ether oxygens (including phenoxy) is 1. The van der Waals surface area contributed by atoms with Crippen LogP contribution in [-0.4, -0.2) is 16.8 Å². The Labute approximate surface area is 126 Å². The van der Waals surface area contributed by atoms with Crippen LogP contribution in [0.1, 0.15) is 17.4 Å². The second kappa shape index (κ2) is 7.21. The Kier molecular flexibility index (Phi) is 5.31. The van der Waals surface area contributed by atoms with Gasteiger partial charge in [-0.05, 0) is 29.3 Å². The van der Waals surface area contributed by atoms with Gasteiger partial charge in [-0.3, -0.25) is 0 Å². The molecular formula is C14H16N2O2S2. The molecule has 2 rings (SSSR count). The van der Waals surface area contributed by atoms with E-state index in [4.69, 9.17) is 15.7 Å². The largest absolute Gasteiger partial charge is 0.487 e. The Bertz CT molecular complexity index is 583. The lowest BCUT2D eigenvalue weighted by Gasteiger charge is -2.13. The van der Waals surface area contributed by atoms with Crippen LogP contribution in [-0.2, 0) is 6.61 Å². The standard InChI is InChI=1S/C14H16N2O2S2/c1-2-19-12-7-3-6-11(13(12)14(15)16-17)18-9-10-5-4-8-20-10/h3-8,17H,2,9H2,1H3,(H2,15,16). The van der Waals surface area contributed by atoms with Gasteiger partial charge in [-0.15, -0.1) is 23.1 Å². The van der Waals surface area contributed by atoms with Crippen LogP contribution >= 0.6 is 23.1 Å². The van der Waals surface area contributed by atoms with Crippen molar-refractivity contribution in [1.29, 1.82) is 0 Å². The molecule has 1 aromatic carbocycles. The monoisotopic (exact) mass is 308 g/mol. The van der Waals surface area contributed by atoms with Crippen molar-refractivity contribution in [2.24, 2.45) is 10.9 Å². The van der Waals surface area contributed by atoms with E-state index in [0.29, 0.717) is 17.9 Å². The maximum atomic E-state index is 8.96. The molecule has 0 aliphatic carbocycles. The minimum atomic E-state index is 0.0720. The number of hydrogen-bond acceptors (Lipinski definition) is 5. The highest BCUT2D eigenvalue weighted by Gasteiger charge is 2.14. The fraction of sp³-hybridized carbons (Fsp3) is 0.214. The van der Waals surface area contributed by atoms with Crippen molar-refractivity contribution in [3.8, 4) is 5.75 Å². The lowest BCUT2D eigenvalue weighted by molar-refractivity contribution is 0.305. The van der Waals surface area contributed by atoms with Crippen LogP contribution in [0.5, 0.6) is 5.75 Å². The van der Waals surface area contributed by atoms with Crippen LogP contribution in [0.15, 0.2) is 45.8 Å². The van der Waals surface area contributed by atoms with E-state index in [1.54, 1.807) is 23.1 Å². The average Bonchev–Trinajstić information content (AvgIpc) is 2.98. The normalized spacial score (nSPS) is 11.6. The fourth-order valence-corrected chi connectivity index (χ4v) is 3.20. The van der Waals surface area contributed by atoms with E-state index in [1.165, 1.54) is 0 Å². The molecule has 0 aliphatic rings. The van der Waals surface area contributed by atoms with Crippen LogP contribution < -0.4 is 10.5 Å². The Morgan fingerprint density at radius 1 is 1.40 bits per heavy atom. The Balaban J connectivity index is 2.28. The van der Waals surface area contributed by atoms with Crippen molar-refractivity contribution in [1.82, 2.24) is 0 Å². The zero-order chi connectivity index (χ0) is 14.4. The molecule has 1 aromatic heterocycles. The first kappa shape index (κ1) is 14.7. The lowest BCUT2D eigenvalue weighted by Crippen LogP contribution is -2.16. The molecule has 0 spiro atoms. The van der Waals surface area contributed by atoms with E-state index in [9.17, 15) is 0 Å². The molecule has 106 valence electrons. The third-order valence-corrected chi connectivity index (χ3v) is 4.39. The van der Waals surface area contributed by atoms with Crippen molar-refractivity contribution in [2.45, 2.75) is 18.4 Å². The van der Waals surface area contributed by atoms with Gasteiger partial charge in [0.25, 0.3) is 0 Å². The summed E-state index contributed by atoms with van der Waals surface area (Å²) in [5.74, 6) is 1.61. The summed E-state index contributed by atoms with van der Waals surface area (Å²) in [4.78, 5) is 2.08. The molecule has 3 N–H and O–H groups in total. The molecule has 0 saturated heterocycles. The third-order valence-electron chi connectivity index (χ3n) is 2.60. The van der Waals surface area contributed by atoms with Gasteiger partial charge in [0.2, 0.25) is 0 Å². The Hall–Kier alpha value is -1.66. The molecule has 2 aromatic rings. The van der Waals surface area contributed by atoms with E-state index in [-0.39, 0.29) is 5.84 Å². The number of rotatable bonds is 6. The summed E-state index contributed by atoms with van der Waals surface area (Å²) in [6.45, 7) is 2.53. The summed E-state index contributed by atoms with van der Waals surface area (Å²) in [6.07, 6.45) is 0. The van der Waals surface area contributed by atoms with E-state index in [1.807, 2.05) is 35.7 Å². The van der Waals surface area contributed by atoms with Gasteiger partial charge in [-0.25, -0.2) is 0 Å². The molecule has 0 aliphatic heterocycles. The van der Waals surface area contributed by atoms with Crippen LogP contribution in [0.4, 0.5) is 0 Å². The first-order chi connectivity index (χ1) is 9.76. The first-order valence-electron chi connectivity index (χ1n) is 6.15. The number of thiophene rings is 1. The summed E-state index contributed by atoms with van der Waals surface area (Å²) in [6, 6.07) is 9.69. The topological polar surface area (TPSA) is 67.8 Å². The fourth-order valence-electron chi connectivity index (χ4n) is 1.75. The molecule has 0 unspecified atom stereocenters. The minimum absolute atomic E-state index is 0.0720. The molecule has 4 nitrogen and oxygen atoms in total. The van der Waals surface area contributed by atoms with E-state index in [0.717, 1.165) is 15.5 Å². The van der Waals surface area contributed by atoms with Crippen molar-refractivity contribution in [3.63, 3.8) is 0 Å².